The second kappa shape index (κ2) is 5.99. The second-order valence-electron chi connectivity index (χ2n) is 3.69. The zero-order valence-electron chi connectivity index (χ0n) is 8.70. The van der Waals surface area contributed by atoms with Gasteiger partial charge in [0.2, 0.25) is 0 Å². The molecule has 0 aliphatic heterocycles. The highest BCUT2D eigenvalue weighted by molar-refractivity contribution is 9.10. The van der Waals surface area contributed by atoms with Crippen LogP contribution in [0.4, 0.5) is 0 Å². The molecular formula is C13H12Br2S. The van der Waals surface area contributed by atoms with Crippen LogP contribution in [0.15, 0.2) is 46.3 Å². The third-order valence-electron chi connectivity index (χ3n) is 2.53. The van der Waals surface area contributed by atoms with Crippen LogP contribution in [0.3, 0.4) is 0 Å². The van der Waals surface area contributed by atoms with Gasteiger partial charge in [0.15, 0.2) is 0 Å². The Bertz CT molecular complexity index is 437. The van der Waals surface area contributed by atoms with Crippen LogP contribution in [0, 0.1) is 0 Å². The average molecular weight is 360 g/mol. The van der Waals surface area contributed by atoms with Gasteiger partial charge in [-0.3, -0.25) is 0 Å². The number of thiophene rings is 1. The van der Waals surface area contributed by atoms with Crippen molar-refractivity contribution in [2.24, 2.45) is 0 Å². The minimum atomic E-state index is 0.552. The van der Waals surface area contributed by atoms with Crippen LogP contribution >= 0.6 is 43.2 Å². The molecule has 3 heteroatoms. The van der Waals surface area contributed by atoms with Crippen LogP contribution in [0.25, 0.3) is 0 Å². The van der Waals surface area contributed by atoms with Gasteiger partial charge in [0.05, 0.1) is 0 Å². The number of alkyl halides is 1. The van der Waals surface area contributed by atoms with Crippen LogP contribution in [0.2, 0.25) is 0 Å². The fourth-order valence-electron chi connectivity index (χ4n) is 1.69. The molecule has 0 fully saturated rings. The van der Waals surface area contributed by atoms with Gasteiger partial charge in [-0.2, -0.15) is 0 Å². The van der Waals surface area contributed by atoms with Gasteiger partial charge in [0.25, 0.3) is 0 Å². The molecular weight excluding hydrogens is 348 g/mol. The van der Waals surface area contributed by atoms with E-state index in [0.717, 1.165) is 16.2 Å². The molecule has 0 nitrogen and oxygen atoms in total. The number of halogens is 2. The molecule has 1 aromatic heterocycles. The van der Waals surface area contributed by atoms with Gasteiger partial charge in [-0.15, -0.1) is 11.3 Å². The molecule has 1 atom stereocenters. The van der Waals surface area contributed by atoms with E-state index in [-0.39, 0.29) is 0 Å². The quantitative estimate of drug-likeness (QED) is 0.655. The van der Waals surface area contributed by atoms with E-state index in [1.807, 2.05) is 11.3 Å². The molecule has 1 unspecified atom stereocenters. The van der Waals surface area contributed by atoms with Gasteiger partial charge in [-0.05, 0) is 41.5 Å². The first-order chi connectivity index (χ1) is 7.79. The van der Waals surface area contributed by atoms with E-state index in [0.29, 0.717) is 5.92 Å². The second-order valence-corrected chi connectivity index (χ2v) is 6.29. The molecule has 0 N–H and O–H groups in total. The monoisotopic (exact) mass is 358 g/mol. The van der Waals surface area contributed by atoms with Gasteiger partial charge in [0.1, 0.15) is 0 Å². The maximum Gasteiger partial charge on any atom is 0.0178 e. The molecule has 0 saturated carbocycles. The lowest BCUT2D eigenvalue weighted by atomic mass is 9.97. The Hall–Kier alpha value is -0.120. The zero-order valence-corrected chi connectivity index (χ0v) is 12.7. The maximum atomic E-state index is 3.61. The Morgan fingerprint density at radius 2 is 2.06 bits per heavy atom. The van der Waals surface area contributed by atoms with Crippen molar-refractivity contribution in [3.63, 3.8) is 0 Å². The molecule has 1 heterocycles. The van der Waals surface area contributed by atoms with E-state index in [1.54, 1.807) is 0 Å². The molecule has 0 aliphatic rings. The first-order valence-electron chi connectivity index (χ1n) is 5.13. The summed E-state index contributed by atoms with van der Waals surface area (Å²) >= 11 is 8.97. The third-order valence-corrected chi connectivity index (χ3v) is 4.71. The normalized spacial score (nSPS) is 12.6. The highest BCUT2D eigenvalue weighted by Crippen LogP contribution is 2.26. The molecule has 0 radical (unpaired) electrons. The first-order valence-corrected chi connectivity index (χ1v) is 7.93. The van der Waals surface area contributed by atoms with E-state index >= 15 is 0 Å². The Morgan fingerprint density at radius 1 is 1.19 bits per heavy atom. The lowest BCUT2D eigenvalue weighted by Gasteiger charge is -2.13. The predicted octanol–water partition coefficient (Wildman–Crippen LogP) is 5.23. The summed E-state index contributed by atoms with van der Waals surface area (Å²) in [5, 5.41) is 3.14. The molecule has 0 bridgehead atoms. The Morgan fingerprint density at radius 3 is 2.69 bits per heavy atom. The van der Waals surface area contributed by atoms with Crippen LogP contribution in [-0.2, 0) is 6.42 Å². The Labute approximate surface area is 117 Å². The average Bonchev–Trinajstić information content (AvgIpc) is 2.78. The van der Waals surface area contributed by atoms with E-state index < -0.39 is 0 Å². The summed E-state index contributed by atoms with van der Waals surface area (Å²) in [4.78, 5) is 1.45. The van der Waals surface area contributed by atoms with Crippen molar-refractivity contribution >= 4 is 43.2 Å². The van der Waals surface area contributed by atoms with Gasteiger partial charge < -0.3 is 0 Å². The van der Waals surface area contributed by atoms with Crippen molar-refractivity contribution in [2.45, 2.75) is 12.3 Å². The Kier molecular flexibility index (Phi) is 4.62. The molecule has 0 spiro atoms. The number of benzene rings is 1. The lowest BCUT2D eigenvalue weighted by Crippen LogP contribution is -2.03. The number of hydrogen-bond acceptors (Lipinski definition) is 1. The topological polar surface area (TPSA) is 0 Å². The van der Waals surface area contributed by atoms with Crippen molar-refractivity contribution in [3.05, 3.63) is 56.7 Å². The van der Waals surface area contributed by atoms with E-state index in [1.165, 1.54) is 10.4 Å². The van der Waals surface area contributed by atoms with Crippen molar-refractivity contribution in [1.29, 1.82) is 0 Å². The highest BCUT2D eigenvalue weighted by atomic mass is 79.9. The first kappa shape index (κ1) is 12.3. The van der Waals surface area contributed by atoms with Crippen LogP contribution in [0.1, 0.15) is 16.4 Å². The smallest absolute Gasteiger partial charge is 0.0178 e. The Balaban J connectivity index is 2.16. The summed E-state index contributed by atoms with van der Waals surface area (Å²) < 4.78 is 1.15. The van der Waals surface area contributed by atoms with Crippen molar-refractivity contribution in [1.82, 2.24) is 0 Å². The summed E-state index contributed by atoms with van der Waals surface area (Å²) in [5.74, 6) is 0.552. The highest BCUT2D eigenvalue weighted by Gasteiger charge is 2.11. The van der Waals surface area contributed by atoms with Crippen molar-refractivity contribution in [2.75, 3.05) is 5.33 Å². The predicted molar refractivity (Wildman–Crippen MR) is 78.7 cm³/mol. The van der Waals surface area contributed by atoms with Gasteiger partial charge >= 0.3 is 0 Å². The molecule has 84 valence electrons. The summed E-state index contributed by atoms with van der Waals surface area (Å²) in [7, 11) is 0. The van der Waals surface area contributed by atoms with E-state index in [2.05, 4.69) is 73.6 Å². The summed E-state index contributed by atoms with van der Waals surface area (Å²) in [6.45, 7) is 0. The van der Waals surface area contributed by atoms with Crippen LogP contribution in [-0.4, -0.2) is 5.33 Å². The molecule has 0 aliphatic carbocycles. The molecule has 2 aromatic rings. The zero-order chi connectivity index (χ0) is 11.4. The molecule has 0 saturated heterocycles. The standard InChI is InChI=1S/C13H12Br2S/c14-9-11(8-13-5-2-6-16-13)10-3-1-4-12(15)7-10/h1-7,11H,8-9H2. The summed E-state index contributed by atoms with van der Waals surface area (Å²) in [6, 6.07) is 12.9. The van der Waals surface area contributed by atoms with Crippen LogP contribution in [0.5, 0.6) is 0 Å². The van der Waals surface area contributed by atoms with Crippen LogP contribution < -0.4 is 0 Å². The molecule has 2 rings (SSSR count). The van der Waals surface area contributed by atoms with Gasteiger partial charge in [-0.1, -0.05) is 50.1 Å². The van der Waals surface area contributed by atoms with Crippen molar-refractivity contribution < 1.29 is 0 Å². The van der Waals surface area contributed by atoms with Gasteiger partial charge in [-0.25, -0.2) is 0 Å². The van der Waals surface area contributed by atoms with E-state index in [4.69, 9.17) is 0 Å². The minimum absolute atomic E-state index is 0.552. The third kappa shape index (κ3) is 3.19. The minimum Gasteiger partial charge on any atom is -0.149 e. The van der Waals surface area contributed by atoms with Crippen molar-refractivity contribution in [3.8, 4) is 0 Å². The maximum absolute atomic E-state index is 3.61. The largest absolute Gasteiger partial charge is 0.149 e. The molecule has 16 heavy (non-hydrogen) atoms. The number of hydrogen-bond donors (Lipinski definition) is 0. The van der Waals surface area contributed by atoms with E-state index in [9.17, 15) is 0 Å². The lowest BCUT2D eigenvalue weighted by molar-refractivity contribution is 0.785. The summed E-state index contributed by atoms with van der Waals surface area (Å²) in [6.07, 6.45) is 1.11. The van der Waals surface area contributed by atoms with Gasteiger partial charge in [0, 0.05) is 14.7 Å². The fraction of sp³-hybridized carbons (Fsp3) is 0.231. The molecule has 0 amide bonds. The SMILES string of the molecule is BrCC(Cc1cccs1)c1cccc(Br)c1. The number of rotatable bonds is 4. The summed E-state index contributed by atoms with van der Waals surface area (Å²) in [5.41, 5.74) is 1.39. The molecule has 1 aromatic carbocycles. The fourth-order valence-corrected chi connectivity index (χ4v) is 3.50.